The summed E-state index contributed by atoms with van der Waals surface area (Å²) in [6.45, 7) is 0. The maximum atomic E-state index is 6.90. The van der Waals surface area contributed by atoms with Gasteiger partial charge in [-0.1, -0.05) is 127 Å². The zero-order valence-corrected chi connectivity index (χ0v) is 23.5. The van der Waals surface area contributed by atoms with Crippen LogP contribution < -0.4 is 4.52 Å². The number of fused-ring (bicyclic) bond motifs is 7. The molecule has 0 fully saturated rings. The summed E-state index contributed by atoms with van der Waals surface area (Å²) in [5.41, 5.74) is 5.66. The topological polar surface area (TPSA) is 35.5 Å². The predicted octanol–water partition coefficient (Wildman–Crippen LogP) is 11.8. The first-order valence-electron chi connectivity index (χ1n) is 14.0. The fourth-order valence-electron chi connectivity index (χ4n) is 5.78. The zero-order valence-electron chi connectivity index (χ0n) is 22.6. The van der Waals surface area contributed by atoms with Crippen LogP contribution in [-0.2, 0) is 0 Å². The predicted molar refractivity (Wildman–Crippen MR) is 175 cm³/mol. The first-order chi connectivity index (χ1) is 20.8. The van der Waals surface area contributed by atoms with Gasteiger partial charge in [-0.05, 0) is 56.9 Å². The van der Waals surface area contributed by atoms with Crippen LogP contribution in [0.25, 0.3) is 65.7 Å². The molecule has 200 valence electrons. The SMILES string of the molecule is c1ccc(Op2oc3c(-c4ccccc4)cc4ccccc4c3c3c(o2)c(-c2ccccc2)cc2ccccc23)cc1. The summed E-state index contributed by atoms with van der Waals surface area (Å²) in [6.07, 6.45) is 0. The molecule has 1 aromatic heterocycles. The largest absolute Gasteiger partial charge is 0.453 e. The second-order valence-corrected chi connectivity index (χ2v) is 11.2. The molecule has 7 aromatic carbocycles. The fraction of sp³-hybridized carbons (Fsp3) is 0. The highest BCUT2D eigenvalue weighted by Gasteiger charge is 2.20. The van der Waals surface area contributed by atoms with Crippen LogP contribution in [0.1, 0.15) is 0 Å². The van der Waals surface area contributed by atoms with Crippen molar-refractivity contribution in [3.63, 3.8) is 0 Å². The third-order valence-corrected chi connectivity index (χ3v) is 8.70. The van der Waals surface area contributed by atoms with E-state index in [1.807, 2.05) is 42.5 Å². The zero-order chi connectivity index (χ0) is 27.9. The van der Waals surface area contributed by atoms with E-state index < -0.39 is 8.24 Å². The van der Waals surface area contributed by atoms with Crippen LogP contribution in [-0.4, -0.2) is 0 Å². The van der Waals surface area contributed by atoms with E-state index in [0.717, 1.165) is 65.7 Å². The molecule has 8 rings (SSSR count). The first kappa shape index (κ1) is 24.5. The Morgan fingerprint density at radius 3 is 1.31 bits per heavy atom. The molecule has 0 bridgehead atoms. The summed E-state index contributed by atoms with van der Waals surface area (Å²) < 4.78 is 20.3. The molecule has 0 N–H and O–H groups in total. The maximum absolute atomic E-state index is 6.90. The highest BCUT2D eigenvalue weighted by molar-refractivity contribution is 7.32. The van der Waals surface area contributed by atoms with E-state index in [1.54, 1.807) is 0 Å². The second-order valence-electron chi connectivity index (χ2n) is 10.2. The molecule has 8 aromatic rings. The summed E-state index contributed by atoms with van der Waals surface area (Å²) in [7, 11) is -1.87. The van der Waals surface area contributed by atoms with Gasteiger partial charge in [0.15, 0.2) is 11.2 Å². The van der Waals surface area contributed by atoms with Crippen LogP contribution in [0.5, 0.6) is 5.75 Å². The van der Waals surface area contributed by atoms with Crippen LogP contribution >= 0.6 is 8.24 Å². The standard InChI is InChI=1S/C38H25O3P/c1-4-14-26(15-5-1)33-24-28-18-10-12-22-31(28)35-36-32-23-13-11-19-29(32)25-34(27-16-6-2-7-17-27)38(36)41-42(40-37(33)35)39-30-20-8-3-9-21-30/h1-25H. The van der Waals surface area contributed by atoms with Gasteiger partial charge in [0.05, 0.1) is 0 Å². The Kier molecular flexibility index (Phi) is 6.02. The molecule has 0 saturated carbocycles. The average molecular weight is 561 g/mol. The van der Waals surface area contributed by atoms with Crippen molar-refractivity contribution in [3.8, 4) is 28.0 Å². The van der Waals surface area contributed by atoms with Crippen LogP contribution in [0.15, 0.2) is 160 Å². The van der Waals surface area contributed by atoms with E-state index in [1.165, 1.54) is 0 Å². The molecule has 0 aliphatic heterocycles. The van der Waals surface area contributed by atoms with Crippen LogP contribution in [0.3, 0.4) is 0 Å². The number of hydrogen-bond donors (Lipinski definition) is 0. The van der Waals surface area contributed by atoms with Crippen molar-refractivity contribution < 1.29 is 12.9 Å². The van der Waals surface area contributed by atoms with Crippen molar-refractivity contribution >= 4 is 51.7 Å². The monoisotopic (exact) mass is 560 g/mol. The molecule has 3 nitrogen and oxygen atoms in total. The Bertz CT molecular complexity index is 2120. The van der Waals surface area contributed by atoms with Gasteiger partial charge in [-0.25, -0.2) is 0 Å². The molecule has 0 unspecified atom stereocenters. The minimum Gasteiger partial charge on any atom is -0.391 e. The third-order valence-electron chi connectivity index (χ3n) is 7.68. The van der Waals surface area contributed by atoms with Gasteiger partial charge in [-0.3, -0.25) is 0 Å². The van der Waals surface area contributed by atoms with Crippen molar-refractivity contribution in [1.29, 1.82) is 0 Å². The van der Waals surface area contributed by atoms with Gasteiger partial charge in [-0.2, -0.15) is 0 Å². The fourth-order valence-corrected chi connectivity index (χ4v) is 6.86. The normalized spacial score (nSPS) is 11.3. The van der Waals surface area contributed by atoms with E-state index >= 15 is 0 Å². The van der Waals surface area contributed by atoms with Crippen molar-refractivity contribution in [2.24, 2.45) is 0 Å². The Labute approximate surface area is 243 Å². The summed E-state index contributed by atoms with van der Waals surface area (Å²) in [4.78, 5) is 0. The molecule has 4 heteroatoms. The van der Waals surface area contributed by atoms with Crippen LogP contribution in [0.2, 0.25) is 0 Å². The summed E-state index contributed by atoms with van der Waals surface area (Å²) >= 11 is 0. The number of hydrogen-bond acceptors (Lipinski definition) is 3. The van der Waals surface area contributed by atoms with Gasteiger partial charge < -0.3 is 12.9 Å². The lowest BCUT2D eigenvalue weighted by Gasteiger charge is -2.12. The number of para-hydroxylation sites is 1. The Morgan fingerprint density at radius 1 is 0.429 bits per heavy atom. The van der Waals surface area contributed by atoms with Gasteiger partial charge in [0.2, 0.25) is 0 Å². The van der Waals surface area contributed by atoms with Gasteiger partial charge in [0.25, 0.3) is 0 Å². The molecule has 0 saturated heterocycles. The summed E-state index contributed by atoms with van der Waals surface area (Å²) in [5.74, 6) is 0.692. The van der Waals surface area contributed by atoms with Crippen molar-refractivity contribution in [2.45, 2.75) is 0 Å². The molecular formula is C38H25O3P. The Hall–Kier alpha value is -5.24. The van der Waals surface area contributed by atoms with Gasteiger partial charge in [-0.15, -0.1) is 0 Å². The highest BCUT2D eigenvalue weighted by atomic mass is 31.1. The average Bonchev–Trinajstić information content (AvgIpc) is 3.23. The van der Waals surface area contributed by atoms with E-state index in [2.05, 4.69) is 109 Å². The van der Waals surface area contributed by atoms with E-state index in [-0.39, 0.29) is 0 Å². The molecule has 0 aliphatic rings. The van der Waals surface area contributed by atoms with Crippen LogP contribution in [0.4, 0.5) is 0 Å². The lowest BCUT2D eigenvalue weighted by Crippen LogP contribution is -1.87. The maximum Gasteiger partial charge on any atom is 0.453 e. The molecule has 0 radical (unpaired) electrons. The quantitative estimate of drug-likeness (QED) is 0.215. The second kappa shape index (κ2) is 10.3. The lowest BCUT2D eigenvalue weighted by atomic mass is 9.91. The molecule has 0 aliphatic carbocycles. The molecule has 42 heavy (non-hydrogen) atoms. The van der Waals surface area contributed by atoms with Crippen molar-refractivity contribution in [3.05, 3.63) is 152 Å². The van der Waals surface area contributed by atoms with E-state index in [9.17, 15) is 0 Å². The third kappa shape index (κ3) is 4.23. The van der Waals surface area contributed by atoms with E-state index in [4.69, 9.17) is 12.9 Å². The lowest BCUT2D eigenvalue weighted by molar-refractivity contribution is 0.499. The number of rotatable bonds is 4. The Balaban J connectivity index is 1.65. The van der Waals surface area contributed by atoms with Crippen molar-refractivity contribution in [2.75, 3.05) is 0 Å². The molecular weight excluding hydrogens is 535 g/mol. The highest BCUT2D eigenvalue weighted by Crippen LogP contribution is 2.47. The summed E-state index contributed by atoms with van der Waals surface area (Å²) in [5, 5.41) is 6.49. The number of benzene rings is 7. The smallest absolute Gasteiger partial charge is 0.391 e. The first-order valence-corrected chi connectivity index (χ1v) is 15.0. The minimum absolute atomic E-state index is 0.692. The van der Waals surface area contributed by atoms with E-state index in [0.29, 0.717) is 5.75 Å². The Morgan fingerprint density at radius 2 is 0.833 bits per heavy atom. The van der Waals surface area contributed by atoms with Gasteiger partial charge in [0.1, 0.15) is 5.75 Å². The van der Waals surface area contributed by atoms with Gasteiger partial charge in [0, 0.05) is 21.9 Å². The van der Waals surface area contributed by atoms with Gasteiger partial charge >= 0.3 is 8.24 Å². The molecule has 1 heterocycles. The van der Waals surface area contributed by atoms with Crippen LogP contribution in [0, 0.1) is 0 Å². The minimum atomic E-state index is -1.87. The summed E-state index contributed by atoms with van der Waals surface area (Å²) in [6, 6.07) is 52.0. The molecule has 0 amide bonds. The molecule has 0 spiro atoms. The molecule has 0 atom stereocenters. The van der Waals surface area contributed by atoms with Crippen molar-refractivity contribution in [1.82, 2.24) is 0 Å².